The molecule has 1 N–H and O–H groups in total. The van der Waals surface area contributed by atoms with Crippen molar-refractivity contribution in [1.29, 1.82) is 0 Å². The number of rotatable bonds is 11. The highest BCUT2D eigenvalue weighted by atomic mass is 32.2. The molecule has 0 spiro atoms. The summed E-state index contributed by atoms with van der Waals surface area (Å²) in [6.45, 7) is 7.05. The molecule has 162 valence electrons. The number of aromatic nitrogens is 2. The lowest BCUT2D eigenvalue weighted by Gasteiger charge is -2.13. The van der Waals surface area contributed by atoms with Gasteiger partial charge in [0, 0.05) is 39.5 Å². The number of nitrogens with one attached hydrogen (secondary N) is 1. The Hall–Kier alpha value is -1.93. The minimum Gasteiger partial charge on any atom is -0.354 e. The van der Waals surface area contributed by atoms with Gasteiger partial charge in [0.1, 0.15) is 5.82 Å². The Morgan fingerprint density at radius 3 is 2.59 bits per heavy atom. The van der Waals surface area contributed by atoms with Crippen molar-refractivity contribution < 1.29 is 13.2 Å². The molecule has 29 heavy (non-hydrogen) atoms. The van der Waals surface area contributed by atoms with E-state index in [9.17, 15) is 13.2 Å². The second kappa shape index (κ2) is 10.2. The normalized spacial score (nSPS) is 13.2. The number of nitrogens with zero attached hydrogens (tertiary/aromatic N) is 3. The summed E-state index contributed by atoms with van der Waals surface area (Å²) in [5, 5.41) is 3.03. The molecule has 0 aliphatic carbocycles. The van der Waals surface area contributed by atoms with Gasteiger partial charge in [-0.2, -0.15) is 0 Å². The van der Waals surface area contributed by atoms with E-state index < -0.39 is 10.0 Å². The Morgan fingerprint density at radius 2 is 1.97 bits per heavy atom. The summed E-state index contributed by atoms with van der Waals surface area (Å²) in [7, 11) is -0.480. The number of aryl methyl sites for hydroxylation is 2. The van der Waals surface area contributed by atoms with Crippen molar-refractivity contribution in [2.24, 2.45) is 0 Å². The van der Waals surface area contributed by atoms with Crippen LogP contribution in [0.2, 0.25) is 0 Å². The molecule has 0 unspecified atom stereocenters. The van der Waals surface area contributed by atoms with Crippen LogP contribution in [0.1, 0.15) is 58.7 Å². The number of unbranched alkanes of at least 4 members (excludes halogenated alkanes) is 1. The molecule has 0 aliphatic heterocycles. The molecule has 0 fully saturated rings. The van der Waals surface area contributed by atoms with Gasteiger partial charge in [-0.05, 0) is 38.0 Å². The largest absolute Gasteiger partial charge is 0.354 e. The van der Waals surface area contributed by atoms with Crippen molar-refractivity contribution in [2.45, 2.75) is 76.8 Å². The second-order valence-electron chi connectivity index (χ2n) is 7.73. The molecule has 1 amide bonds. The third-order valence-corrected chi connectivity index (χ3v) is 6.83. The Kier molecular flexibility index (Phi) is 8.22. The van der Waals surface area contributed by atoms with Crippen LogP contribution in [-0.2, 0) is 27.8 Å². The first kappa shape index (κ1) is 23.3. The van der Waals surface area contributed by atoms with Crippen LogP contribution in [0, 0.1) is 0 Å². The van der Waals surface area contributed by atoms with Crippen molar-refractivity contribution in [3.8, 4) is 0 Å². The highest BCUT2D eigenvalue weighted by Crippen LogP contribution is 2.23. The Labute approximate surface area is 174 Å². The molecular formula is C21H34N4O3S. The first-order valence-electron chi connectivity index (χ1n) is 10.4. The van der Waals surface area contributed by atoms with Crippen molar-refractivity contribution in [3.05, 3.63) is 24.0 Å². The Bertz CT molecular complexity index is 935. The van der Waals surface area contributed by atoms with Crippen molar-refractivity contribution >= 4 is 27.0 Å². The van der Waals surface area contributed by atoms with E-state index in [4.69, 9.17) is 0 Å². The van der Waals surface area contributed by atoms with Gasteiger partial charge < -0.3 is 9.88 Å². The van der Waals surface area contributed by atoms with Gasteiger partial charge in [-0.15, -0.1) is 0 Å². The van der Waals surface area contributed by atoms with E-state index in [0.717, 1.165) is 43.6 Å². The number of sulfonamides is 1. The highest BCUT2D eigenvalue weighted by Gasteiger charge is 2.20. The van der Waals surface area contributed by atoms with Gasteiger partial charge in [-0.3, -0.25) is 4.79 Å². The minimum absolute atomic E-state index is 0.0240. The molecule has 0 bridgehead atoms. The summed E-state index contributed by atoms with van der Waals surface area (Å²) in [5.41, 5.74) is 1.56. The van der Waals surface area contributed by atoms with E-state index in [1.807, 2.05) is 13.0 Å². The van der Waals surface area contributed by atoms with Gasteiger partial charge in [-0.1, -0.05) is 26.7 Å². The molecule has 0 aliphatic rings. The maximum atomic E-state index is 12.4. The monoisotopic (exact) mass is 422 g/mol. The van der Waals surface area contributed by atoms with Crippen LogP contribution in [0.5, 0.6) is 0 Å². The van der Waals surface area contributed by atoms with E-state index in [1.165, 1.54) is 18.4 Å². The van der Waals surface area contributed by atoms with Crippen molar-refractivity contribution in [1.82, 2.24) is 19.2 Å². The van der Waals surface area contributed by atoms with Gasteiger partial charge in [0.25, 0.3) is 0 Å². The highest BCUT2D eigenvalue weighted by molar-refractivity contribution is 7.89. The number of carbonyl (C=O) groups excluding carboxylic acids is 1. The maximum absolute atomic E-state index is 12.4. The Morgan fingerprint density at radius 1 is 1.24 bits per heavy atom. The van der Waals surface area contributed by atoms with Gasteiger partial charge >= 0.3 is 0 Å². The molecule has 1 heterocycles. The Balaban J connectivity index is 2.29. The third kappa shape index (κ3) is 5.79. The number of hydrogen-bond donors (Lipinski definition) is 1. The molecule has 0 radical (unpaired) electrons. The van der Waals surface area contributed by atoms with Crippen LogP contribution >= 0.6 is 0 Å². The minimum atomic E-state index is -3.51. The molecule has 1 atom stereocenters. The topological polar surface area (TPSA) is 84.3 Å². The van der Waals surface area contributed by atoms with E-state index in [1.54, 1.807) is 12.1 Å². The number of hydrogen-bond acceptors (Lipinski definition) is 4. The fourth-order valence-electron chi connectivity index (χ4n) is 3.36. The van der Waals surface area contributed by atoms with E-state index in [2.05, 4.69) is 28.7 Å². The number of fused-ring (bicyclic) bond motifs is 1. The molecule has 0 saturated heterocycles. The average molecular weight is 423 g/mol. The summed E-state index contributed by atoms with van der Waals surface area (Å²) in [6, 6.07) is 5.25. The van der Waals surface area contributed by atoms with Crippen LogP contribution in [0.15, 0.2) is 23.1 Å². The molecule has 8 heteroatoms. The lowest BCUT2D eigenvalue weighted by atomic mass is 10.2. The van der Waals surface area contributed by atoms with Gasteiger partial charge in [0.05, 0.1) is 15.9 Å². The van der Waals surface area contributed by atoms with Crippen LogP contribution in [-0.4, -0.2) is 48.3 Å². The van der Waals surface area contributed by atoms with Crippen LogP contribution < -0.4 is 5.32 Å². The summed E-state index contributed by atoms with van der Waals surface area (Å²) < 4.78 is 28.2. The zero-order valence-electron chi connectivity index (χ0n) is 18.2. The maximum Gasteiger partial charge on any atom is 0.242 e. The number of benzene rings is 1. The smallest absolute Gasteiger partial charge is 0.242 e. The van der Waals surface area contributed by atoms with Crippen LogP contribution in [0.4, 0.5) is 0 Å². The van der Waals surface area contributed by atoms with Crippen molar-refractivity contribution in [2.75, 3.05) is 14.1 Å². The molecule has 2 rings (SSSR count). The summed E-state index contributed by atoms with van der Waals surface area (Å²) in [5.74, 6) is 0.849. The van der Waals surface area contributed by atoms with E-state index >= 15 is 0 Å². The standard InChI is InChI=1S/C21H34N4O3S/c1-6-8-14-25-19-11-10-17(29(27,28)24(4)5)15-18(19)23-20(25)12-13-21(26)22-16(3)9-7-2/h10-11,15-16H,6-9,12-14H2,1-5H3,(H,22,26)/t16-/m0/s1. The summed E-state index contributed by atoms with van der Waals surface area (Å²) in [4.78, 5) is 17.2. The summed E-state index contributed by atoms with van der Waals surface area (Å²) in [6.07, 6.45) is 4.93. The second-order valence-corrected chi connectivity index (χ2v) is 9.88. The lowest BCUT2D eigenvalue weighted by Crippen LogP contribution is -2.32. The first-order valence-corrected chi connectivity index (χ1v) is 11.9. The average Bonchev–Trinajstić information content (AvgIpc) is 3.01. The zero-order valence-corrected chi connectivity index (χ0v) is 19.1. The van der Waals surface area contributed by atoms with Gasteiger partial charge in [-0.25, -0.2) is 17.7 Å². The molecule has 0 saturated carbocycles. The molecular weight excluding hydrogens is 388 g/mol. The third-order valence-electron chi connectivity index (χ3n) is 5.02. The fraction of sp³-hybridized carbons (Fsp3) is 0.619. The SMILES string of the molecule is CCCCn1c(CCC(=O)N[C@@H](C)CCC)nc2cc(S(=O)(=O)N(C)C)ccc21. The number of amides is 1. The molecule has 1 aromatic heterocycles. The molecule has 7 nitrogen and oxygen atoms in total. The van der Waals surface area contributed by atoms with Crippen molar-refractivity contribution in [3.63, 3.8) is 0 Å². The van der Waals surface area contributed by atoms with E-state index in [-0.39, 0.29) is 16.8 Å². The van der Waals surface area contributed by atoms with Gasteiger partial charge in [0.15, 0.2) is 0 Å². The molecule has 1 aromatic carbocycles. The molecule has 2 aromatic rings. The van der Waals surface area contributed by atoms with Crippen LogP contribution in [0.25, 0.3) is 11.0 Å². The number of carbonyl (C=O) groups is 1. The van der Waals surface area contributed by atoms with E-state index in [0.29, 0.717) is 18.4 Å². The predicted octanol–water partition coefficient (Wildman–Crippen LogP) is 3.32. The lowest BCUT2D eigenvalue weighted by molar-refractivity contribution is -0.121. The predicted molar refractivity (Wildman–Crippen MR) is 116 cm³/mol. The first-order chi connectivity index (χ1) is 13.7. The fourth-order valence-corrected chi connectivity index (χ4v) is 4.29. The van der Waals surface area contributed by atoms with Crippen LogP contribution in [0.3, 0.4) is 0 Å². The number of imidazole rings is 1. The zero-order chi connectivity index (χ0) is 21.6. The quantitative estimate of drug-likeness (QED) is 0.602. The van der Waals surface area contributed by atoms with Gasteiger partial charge in [0.2, 0.25) is 15.9 Å². The summed E-state index contributed by atoms with van der Waals surface area (Å²) >= 11 is 0.